The summed E-state index contributed by atoms with van der Waals surface area (Å²) in [5.41, 5.74) is 8.03. The molecule has 1 fully saturated rings. The minimum Gasteiger partial charge on any atom is -0.314 e. The van der Waals surface area contributed by atoms with Crippen LogP contribution in [0.4, 0.5) is 13.2 Å². The molecule has 15 heavy (non-hydrogen) atoms. The Kier molecular flexibility index (Phi) is 5.79. The minimum absolute atomic E-state index is 0. The SMILES string of the molecule is Cl.[N-]=[N+]=NC[C@@H]1C[C@H](C(F)(F)F)CCN1. The van der Waals surface area contributed by atoms with Crippen molar-refractivity contribution in [1.29, 1.82) is 0 Å². The van der Waals surface area contributed by atoms with Crippen molar-refractivity contribution in [3.8, 4) is 0 Å². The molecule has 0 spiro atoms. The first kappa shape index (κ1) is 14.3. The third kappa shape index (κ3) is 4.59. The first-order valence-electron chi connectivity index (χ1n) is 4.35. The van der Waals surface area contributed by atoms with Gasteiger partial charge in [0, 0.05) is 17.5 Å². The van der Waals surface area contributed by atoms with Gasteiger partial charge in [-0.15, -0.1) is 12.4 Å². The molecule has 0 aromatic rings. The van der Waals surface area contributed by atoms with E-state index in [0.29, 0.717) is 6.54 Å². The standard InChI is InChI=1S/C7H11F3N4.ClH/c8-7(9,10)5-1-2-12-6(3-5)4-13-14-11;/h5-6,12H,1-4H2;1H/t5-,6+;/m1./s1. The summed E-state index contributed by atoms with van der Waals surface area (Å²) in [6.07, 6.45) is -4.02. The Morgan fingerprint density at radius 2 is 2.13 bits per heavy atom. The Morgan fingerprint density at radius 1 is 1.47 bits per heavy atom. The summed E-state index contributed by atoms with van der Waals surface area (Å²) in [7, 11) is 0. The van der Waals surface area contributed by atoms with Crippen LogP contribution >= 0.6 is 12.4 Å². The molecule has 88 valence electrons. The molecule has 8 heteroatoms. The van der Waals surface area contributed by atoms with Crippen molar-refractivity contribution < 1.29 is 13.2 Å². The highest BCUT2D eigenvalue weighted by molar-refractivity contribution is 5.85. The molecule has 1 saturated heterocycles. The Hall–Kier alpha value is -0.650. The predicted molar refractivity (Wildman–Crippen MR) is 51.8 cm³/mol. The van der Waals surface area contributed by atoms with Gasteiger partial charge in [0.05, 0.1) is 5.92 Å². The van der Waals surface area contributed by atoms with Crippen LogP contribution < -0.4 is 5.32 Å². The second-order valence-corrected chi connectivity index (χ2v) is 3.33. The fraction of sp³-hybridized carbons (Fsp3) is 1.00. The van der Waals surface area contributed by atoms with Crippen LogP contribution in [-0.4, -0.2) is 25.3 Å². The highest BCUT2D eigenvalue weighted by Gasteiger charge is 2.41. The Balaban J connectivity index is 0.00000196. The van der Waals surface area contributed by atoms with Gasteiger partial charge < -0.3 is 5.32 Å². The van der Waals surface area contributed by atoms with Crippen molar-refractivity contribution >= 4 is 12.4 Å². The number of nitrogens with zero attached hydrogens (tertiary/aromatic N) is 3. The molecule has 0 aliphatic carbocycles. The van der Waals surface area contributed by atoms with E-state index in [1.807, 2.05) is 0 Å². The molecule has 0 amide bonds. The Morgan fingerprint density at radius 3 is 2.67 bits per heavy atom. The molecule has 1 aliphatic heterocycles. The molecule has 0 unspecified atom stereocenters. The van der Waals surface area contributed by atoms with Crippen molar-refractivity contribution in [2.45, 2.75) is 25.1 Å². The molecular formula is C7H12ClF3N4. The van der Waals surface area contributed by atoms with Crippen molar-refractivity contribution in [3.05, 3.63) is 10.4 Å². The number of hydrogen-bond acceptors (Lipinski definition) is 2. The summed E-state index contributed by atoms with van der Waals surface area (Å²) in [5, 5.41) is 6.15. The lowest BCUT2D eigenvalue weighted by atomic mass is 9.92. The number of alkyl halides is 3. The Labute approximate surface area is 91.3 Å². The summed E-state index contributed by atoms with van der Waals surface area (Å²) in [6, 6.07) is -0.341. The van der Waals surface area contributed by atoms with E-state index in [-0.39, 0.29) is 37.8 Å². The third-order valence-electron chi connectivity index (χ3n) is 2.32. The molecule has 0 radical (unpaired) electrons. The van der Waals surface area contributed by atoms with E-state index in [1.54, 1.807) is 0 Å². The predicted octanol–water partition coefficient (Wildman–Crippen LogP) is 2.65. The fourth-order valence-corrected chi connectivity index (χ4v) is 1.58. The van der Waals surface area contributed by atoms with Crippen LogP contribution in [0.5, 0.6) is 0 Å². The van der Waals surface area contributed by atoms with E-state index in [2.05, 4.69) is 15.3 Å². The smallest absolute Gasteiger partial charge is 0.314 e. The maximum atomic E-state index is 12.3. The number of hydrogen-bond donors (Lipinski definition) is 1. The molecule has 0 aromatic heterocycles. The van der Waals surface area contributed by atoms with Crippen LogP contribution in [0.1, 0.15) is 12.8 Å². The van der Waals surface area contributed by atoms with Gasteiger partial charge in [-0.2, -0.15) is 13.2 Å². The average molecular weight is 245 g/mol. The number of rotatable bonds is 2. The summed E-state index contributed by atoms with van der Waals surface area (Å²) in [6.45, 7) is 0.416. The monoisotopic (exact) mass is 244 g/mol. The summed E-state index contributed by atoms with van der Waals surface area (Å²) in [5.74, 6) is -1.26. The molecule has 1 rings (SSSR count). The van der Waals surface area contributed by atoms with Crippen molar-refractivity contribution in [1.82, 2.24) is 5.32 Å². The van der Waals surface area contributed by atoms with Gasteiger partial charge in [0.1, 0.15) is 0 Å². The third-order valence-corrected chi connectivity index (χ3v) is 2.32. The van der Waals surface area contributed by atoms with Gasteiger partial charge in [0.15, 0.2) is 0 Å². The largest absolute Gasteiger partial charge is 0.391 e. The quantitative estimate of drug-likeness (QED) is 0.453. The lowest BCUT2D eigenvalue weighted by Crippen LogP contribution is -2.44. The molecule has 4 nitrogen and oxygen atoms in total. The van der Waals surface area contributed by atoms with Crippen LogP contribution in [0.3, 0.4) is 0 Å². The summed E-state index contributed by atoms with van der Waals surface area (Å²) >= 11 is 0. The number of halogens is 4. The number of piperidine rings is 1. The molecule has 0 aromatic carbocycles. The highest BCUT2D eigenvalue weighted by Crippen LogP contribution is 2.33. The first-order valence-corrected chi connectivity index (χ1v) is 4.35. The van der Waals surface area contributed by atoms with E-state index in [4.69, 9.17) is 5.53 Å². The maximum absolute atomic E-state index is 12.3. The minimum atomic E-state index is -4.13. The van der Waals surface area contributed by atoms with Crippen molar-refractivity contribution in [2.75, 3.05) is 13.1 Å². The van der Waals surface area contributed by atoms with E-state index in [0.717, 1.165) is 0 Å². The van der Waals surface area contributed by atoms with Crippen LogP contribution in [0.2, 0.25) is 0 Å². The second kappa shape index (κ2) is 6.05. The molecule has 0 saturated carbocycles. The second-order valence-electron chi connectivity index (χ2n) is 3.33. The zero-order valence-corrected chi connectivity index (χ0v) is 8.68. The zero-order valence-electron chi connectivity index (χ0n) is 7.87. The van der Waals surface area contributed by atoms with Crippen molar-refractivity contribution in [3.63, 3.8) is 0 Å². The van der Waals surface area contributed by atoms with Crippen LogP contribution in [0, 0.1) is 5.92 Å². The zero-order chi connectivity index (χ0) is 10.6. The van der Waals surface area contributed by atoms with Gasteiger partial charge in [0.2, 0.25) is 0 Å². The average Bonchev–Trinajstić information content (AvgIpc) is 2.14. The van der Waals surface area contributed by atoms with Gasteiger partial charge in [-0.05, 0) is 24.9 Å². The maximum Gasteiger partial charge on any atom is 0.391 e. The van der Waals surface area contributed by atoms with Gasteiger partial charge in [-0.3, -0.25) is 0 Å². The molecule has 2 atom stereocenters. The van der Waals surface area contributed by atoms with E-state index >= 15 is 0 Å². The van der Waals surface area contributed by atoms with E-state index < -0.39 is 12.1 Å². The molecule has 0 bridgehead atoms. The highest BCUT2D eigenvalue weighted by atomic mass is 35.5. The van der Waals surface area contributed by atoms with E-state index in [1.165, 1.54) is 0 Å². The fourth-order valence-electron chi connectivity index (χ4n) is 1.58. The lowest BCUT2D eigenvalue weighted by Gasteiger charge is -2.30. The Bertz CT molecular complexity index is 239. The topological polar surface area (TPSA) is 60.8 Å². The molecule has 1 N–H and O–H groups in total. The van der Waals surface area contributed by atoms with Gasteiger partial charge >= 0.3 is 6.18 Å². The lowest BCUT2D eigenvalue weighted by molar-refractivity contribution is -0.182. The summed E-state index contributed by atoms with van der Waals surface area (Å²) in [4.78, 5) is 2.52. The van der Waals surface area contributed by atoms with Gasteiger partial charge in [-0.1, -0.05) is 5.11 Å². The van der Waals surface area contributed by atoms with Crippen LogP contribution in [-0.2, 0) is 0 Å². The van der Waals surface area contributed by atoms with Crippen molar-refractivity contribution in [2.24, 2.45) is 11.0 Å². The molecule has 1 heterocycles. The van der Waals surface area contributed by atoms with E-state index in [9.17, 15) is 13.2 Å². The van der Waals surface area contributed by atoms with Crippen LogP contribution in [0.25, 0.3) is 10.4 Å². The normalized spacial score (nSPS) is 26.3. The molecule has 1 aliphatic rings. The summed E-state index contributed by atoms with van der Waals surface area (Å²) < 4.78 is 36.9. The van der Waals surface area contributed by atoms with Gasteiger partial charge in [0.25, 0.3) is 0 Å². The molecular weight excluding hydrogens is 233 g/mol. The van der Waals surface area contributed by atoms with Gasteiger partial charge in [-0.25, -0.2) is 0 Å². The number of nitrogens with one attached hydrogen (secondary N) is 1. The van der Waals surface area contributed by atoms with Crippen LogP contribution in [0.15, 0.2) is 5.11 Å². The first-order chi connectivity index (χ1) is 6.54. The number of azide groups is 1.